The van der Waals surface area contributed by atoms with Gasteiger partial charge < -0.3 is 10.0 Å². The topological polar surface area (TPSA) is 104 Å². The fraction of sp³-hybridized carbons (Fsp3) is 0.263. The zero-order valence-electron chi connectivity index (χ0n) is 14.7. The highest BCUT2D eigenvalue weighted by molar-refractivity contribution is 7.92. The van der Waals surface area contributed by atoms with Crippen molar-refractivity contribution in [2.75, 3.05) is 11.3 Å². The van der Waals surface area contributed by atoms with Gasteiger partial charge in [-0.25, -0.2) is 8.42 Å². The summed E-state index contributed by atoms with van der Waals surface area (Å²) in [7, 11) is -3.76. The Morgan fingerprint density at radius 1 is 1.07 bits per heavy atom. The molecule has 7 nitrogen and oxygen atoms in total. The predicted molar refractivity (Wildman–Crippen MR) is 99.9 cm³/mol. The van der Waals surface area contributed by atoms with Crippen LogP contribution in [0.5, 0.6) is 0 Å². The third-order valence-corrected chi connectivity index (χ3v) is 6.17. The summed E-state index contributed by atoms with van der Waals surface area (Å²) < 4.78 is 27.3. The number of carbonyl (C=O) groups excluding carboxylic acids is 1. The van der Waals surface area contributed by atoms with Gasteiger partial charge in [-0.3, -0.25) is 14.3 Å². The lowest BCUT2D eigenvalue weighted by Crippen LogP contribution is -2.37. The number of sulfonamides is 1. The number of carboxylic acids is 1. The number of hydrogen-bond donors (Lipinski definition) is 2. The number of hydrogen-bond acceptors (Lipinski definition) is 4. The highest BCUT2D eigenvalue weighted by atomic mass is 32.2. The maximum absolute atomic E-state index is 12.6. The second-order valence-corrected chi connectivity index (χ2v) is 8.15. The molecule has 0 bridgehead atoms. The molecule has 0 aromatic heterocycles. The van der Waals surface area contributed by atoms with E-state index in [0.717, 1.165) is 0 Å². The summed E-state index contributed by atoms with van der Waals surface area (Å²) in [6, 6.07) is 13.7. The van der Waals surface area contributed by atoms with E-state index in [2.05, 4.69) is 4.72 Å². The lowest BCUT2D eigenvalue weighted by atomic mass is 10.0. The van der Waals surface area contributed by atoms with E-state index in [0.29, 0.717) is 24.2 Å². The van der Waals surface area contributed by atoms with E-state index < -0.39 is 28.0 Å². The number of likely N-dealkylation sites (tertiary alicyclic amines) is 1. The van der Waals surface area contributed by atoms with Crippen molar-refractivity contribution in [2.45, 2.75) is 24.3 Å². The van der Waals surface area contributed by atoms with Crippen LogP contribution in [0.2, 0.25) is 0 Å². The molecular formula is C19H20N2O5S. The smallest absolute Gasteiger partial charge is 0.308 e. The Bertz CT molecular complexity index is 942. The predicted octanol–water partition coefficient (Wildman–Crippen LogP) is 2.42. The van der Waals surface area contributed by atoms with E-state index in [1.54, 1.807) is 37.3 Å². The molecule has 1 fully saturated rings. The van der Waals surface area contributed by atoms with Gasteiger partial charge >= 0.3 is 5.97 Å². The van der Waals surface area contributed by atoms with Crippen LogP contribution in [0, 0.1) is 5.92 Å². The first kappa shape index (κ1) is 18.9. The quantitative estimate of drug-likeness (QED) is 0.819. The van der Waals surface area contributed by atoms with Gasteiger partial charge in [-0.2, -0.15) is 0 Å². The lowest BCUT2D eigenvalue weighted by Gasteiger charge is -2.23. The molecule has 142 valence electrons. The molecule has 8 heteroatoms. The van der Waals surface area contributed by atoms with Gasteiger partial charge in [-0.15, -0.1) is 0 Å². The standard InChI is InChI=1S/C19H20N2O5S/c1-13-17(19(23)24)11-12-21(13)18(22)14-7-9-16(10-8-14)27(25,26)20-15-5-3-2-4-6-15/h2-10,13,17,20H,11-12H2,1H3,(H,23,24). The molecule has 1 saturated heterocycles. The molecule has 1 amide bonds. The summed E-state index contributed by atoms with van der Waals surface area (Å²) in [5.74, 6) is -1.79. The number of carboxylic acid groups (broad SMARTS) is 1. The zero-order valence-corrected chi connectivity index (χ0v) is 15.5. The van der Waals surface area contributed by atoms with Crippen molar-refractivity contribution in [3.8, 4) is 0 Å². The van der Waals surface area contributed by atoms with Crippen molar-refractivity contribution < 1.29 is 23.1 Å². The van der Waals surface area contributed by atoms with Gasteiger partial charge in [0, 0.05) is 23.8 Å². The van der Waals surface area contributed by atoms with Crippen LogP contribution >= 0.6 is 0 Å². The molecule has 2 aromatic carbocycles. The molecule has 0 spiro atoms. The third kappa shape index (κ3) is 3.95. The van der Waals surface area contributed by atoms with Crippen molar-refractivity contribution >= 4 is 27.6 Å². The van der Waals surface area contributed by atoms with Crippen LogP contribution in [-0.2, 0) is 14.8 Å². The molecule has 2 aromatic rings. The van der Waals surface area contributed by atoms with Crippen LogP contribution in [-0.4, -0.2) is 42.9 Å². The van der Waals surface area contributed by atoms with Crippen LogP contribution in [0.15, 0.2) is 59.5 Å². The monoisotopic (exact) mass is 388 g/mol. The number of aliphatic carboxylic acids is 1. The number of carbonyl (C=O) groups is 2. The average molecular weight is 388 g/mol. The highest BCUT2D eigenvalue weighted by Crippen LogP contribution is 2.26. The van der Waals surface area contributed by atoms with Crippen molar-refractivity contribution in [3.63, 3.8) is 0 Å². The second-order valence-electron chi connectivity index (χ2n) is 6.47. The minimum atomic E-state index is -3.76. The van der Waals surface area contributed by atoms with E-state index in [4.69, 9.17) is 0 Å². The molecule has 1 aliphatic heterocycles. The zero-order chi connectivity index (χ0) is 19.6. The van der Waals surface area contributed by atoms with Gasteiger partial charge in [-0.1, -0.05) is 18.2 Å². The summed E-state index contributed by atoms with van der Waals surface area (Å²) in [5, 5.41) is 9.19. The lowest BCUT2D eigenvalue weighted by molar-refractivity contribution is -0.142. The highest BCUT2D eigenvalue weighted by Gasteiger charge is 2.38. The van der Waals surface area contributed by atoms with E-state index >= 15 is 0 Å². The molecule has 2 atom stereocenters. The van der Waals surface area contributed by atoms with Crippen molar-refractivity contribution in [2.24, 2.45) is 5.92 Å². The Balaban J connectivity index is 1.75. The Morgan fingerprint density at radius 3 is 2.26 bits per heavy atom. The van der Waals surface area contributed by atoms with E-state index in [9.17, 15) is 23.1 Å². The number of nitrogens with one attached hydrogen (secondary N) is 1. The number of anilines is 1. The largest absolute Gasteiger partial charge is 0.481 e. The molecule has 0 aliphatic carbocycles. The van der Waals surface area contributed by atoms with Crippen LogP contribution < -0.4 is 4.72 Å². The molecule has 0 radical (unpaired) electrons. The van der Waals surface area contributed by atoms with Crippen molar-refractivity contribution in [1.29, 1.82) is 0 Å². The maximum Gasteiger partial charge on any atom is 0.308 e. The minimum absolute atomic E-state index is 0.0424. The second kappa shape index (κ2) is 7.40. The molecule has 2 unspecified atom stereocenters. The summed E-state index contributed by atoms with van der Waals surface area (Å²) >= 11 is 0. The van der Waals surface area contributed by atoms with Crippen LogP contribution in [0.4, 0.5) is 5.69 Å². The van der Waals surface area contributed by atoms with Gasteiger partial charge in [0.2, 0.25) is 0 Å². The van der Waals surface area contributed by atoms with Crippen LogP contribution in [0.1, 0.15) is 23.7 Å². The fourth-order valence-electron chi connectivity index (χ4n) is 3.22. The van der Waals surface area contributed by atoms with Gasteiger partial charge in [0.25, 0.3) is 15.9 Å². The summed E-state index contributed by atoms with van der Waals surface area (Å²) in [6.45, 7) is 2.08. The van der Waals surface area contributed by atoms with Gasteiger partial charge in [0.05, 0.1) is 10.8 Å². The van der Waals surface area contributed by atoms with E-state index in [-0.39, 0.29) is 10.8 Å². The molecule has 2 N–H and O–H groups in total. The minimum Gasteiger partial charge on any atom is -0.481 e. The Kier molecular flexibility index (Phi) is 5.18. The number of para-hydroxylation sites is 1. The first-order valence-electron chi connectivity index (χ1n) is 8.51. The van der Waals surface area contributed by atoms with Crippen LogP contribution in [0.3, 0.4) is 0 Å². The number of nitrogens with zero attached hydrogens (tertiary/aromatic N) is 1. The normalized spacial score (nSPS) is 19.7. The number of rotatable bonds is 5. The SMILES string of the molecule is CC1C(C(=O)O)CCN1C(=O)c1ccc(S(=O)(=O)Nc2ccccc2)cc1. The maximum atomic E-state index is 12.6. The van der Waals surface area contributed by atoms with Crippen molar-refractivity contribution in [1.82, 2.24) is 4.90 Å². The number of benzene rings is 2. The summed E-state index contributed by atoms with van der Waals surface area (Å²) in [5.41, 5.74) is 0.773. The van der Waals surface area contributed by atoms with Gasteiger partial charge in [-0.05, 0) is 49.7 Å². The first-order valence-corrected chi connectivity index (χ1v) is 9.99. The average Bonchev–Trinajstić information content (AvgIpc) is 3.03. The first-order chi connectivity index (χ1) is 12.8. The third-order valence-electron chi connectivity index (χ3n) is 4.77. The Hall–Kier alpha value is -2.87. The summed E-state index contributed by atoms with van der Waals surface area (Å²) in [4.78, 5) is 25.4. The van der Waals surface area contributed by atoms with Gasteiger partial charge in [0.15, 0.2) is 0 Å². The molecule has 1 aliphatic rings. The molecule has 0 saturated carbocycles. The van der Waals surface area contributed by atoms with E-state index in [1.165, 1.54) is 29.2 Å². The van der Waals surface area contributed by atoms with E-state index in [1.807, 2.05) is 0 Å². The molecular weight excluding hydrogens is 368 g/mol. The Labute approximate surface area is 157 Å². The fourth-order valence-corrected chi connectivity index (χ4v) is 4.28. The Morgan fingerprint density at radius 2 is 1.70 bits per heavy atom. The molecule has 1 heterocycles. The number of amides is 1. The summed E-state index contributed by atoms with van der Waals surface area (Å²) in [6.07, 6.45) is 0.412. The van der Waals surface area contributed by atoms with Gasteiger partial charge in [0.1, 0.15) is 0 Å². The molecule has 27 heavy (non-hydrogen) atoms. The van der Waals surface area contributed by atoms with Crippen LogP contribution in [0.25, 0.3) is 0 Å². The molecule has 3 rings (SSSR count). The van der Waals surface area contributed by atoms with Crippen molar-refractivity contribution in [3.05, 3.63) is 60.2 Å².